The van der Waals surface area contributed by atoms with Gasteiger partial charge in [0, 0.05) is 12.0 Å². The van der Waals surface area contributed by atoms with E-state index >= 15 is 0 Å². The molecule has 1 rings (SSSR count). The second-order valence-corrected chi connectivity index (χ2v) is 4.41. The Morgan fingerprint density at radius 2 is 2.13 bits per heavy atom. The number of carbonyl (C=O) groups excluding carboxylic acids is 1. The Morgan fingerprint density at radius 1 is 1.47 bits per heavy atom. The molecule has 0 spiro atoms. The fourth-order valence-electron chi connectivity index (χ4n) is 2.19. The monoisotopic (exact) mass is 220 g/mol. The number of nitrogens with one attached hydrogen (secondary N) is 1. The van der Waals surface area contributed by atoms with E-state index in [2.05, 4.69) is 5.32 Å². The SMILES string of the molecule is CC1CC(N)CC(C(=O)NCC(F)F)C1. The van der Waals surface area contributed by atoms with Gasteiger partial charge in [0.25, 0.3) is 6.43 Å². The number of nitrogens with two attached hydrogens (primary N) is 1. The van der Waals surface area contributed by atoms with E-state index in [9.17, 15) is 13.6 Å². The summed E-state index contributed by atoms with van der Waals surface area (Å²) in [4.78, 5) is 11.5. The van der Waals surface area contributed by atoms with Gasteiger partial charge in [-0.05, 0) is 25.2 Å². The number of carbonyl (C=O) groups is 1. The summed E-state index contributed by atoms with van der Waals surface area (Å²) in [5, 5.41) is 2.25. The lowest BCUT2D eigenvalue weighted by Gasteiger charge is -2.30. The summed E-state index contributed by atoms with van der Waals surface area (Å²) in [6, 6.07) is 0.0241. The molecule has 3 N–H and O–H groups in total. The maximum Gasteiger partial charge on any atom is 0.255 e. The fourth-order valence-corrected chi connectivity index (χ4v) is 2.19. The fraction of sp³-hybridized carbons (Fsp3) is 0.900. The standard InChI is InChI=1S/C10H18F2N2O/c1-6-2-7(4-8(13)3-6)10(15)14-5-9(11)12/h6-9H,2-5,13H2,1H3,(H,14,15). The summed E-state index contributed by atoms with van der Waals surface area (Å²) in [6.07, 6.45) is -0.204. The quantitative estimate of drug-likeness (QED) is 0.749. The summed E-state index contributed by atoms with van der Waals surface area (Å²) in [5.74, 6) is -0.0733. The van der Waals surface area contributed by atoms with Gasteiger partial charge in [0.1, 0.15) is 0 Å². The van der Waals surface area contributed by atoms with Crippen LogP contribution < -0.4 is 11.1 Å². The zero-order chi connectivity index (χ0) is 11.4. The Morgan fingerprint density at radius 3 is 2.67 bits per heavy atom. The highest BCUT2D eigenvalue weighted by atomic mass is 19.3. The van der Waals surface area contributed by atoms with Crippen LogP contribution in [0.3, 0.4) is 0 Å². The average molecular weight is 220 g/mol. The Bertz CT molecular complexity index is 213. The molecule has 0 bridgehead atoms. The number of hydrogen-bond donors (Lipinski definition) is 2. The minimum absolute atomic E-state index is 0.0241. The first-order chi connectivity index (χ1) is 6.99. The lowest BCUT2D eigenvalue weighted by atomic mass is 9.79. The first-order valence-corrected chi connectivity index (χ1v) is 5.30. The third-order valence-corrected chi connectivity index (χ3v) is 2.78. The van der Waals surface area contributed by atoms with Crippen LogP contribution in [0.15, 0.2) is 0 Å². The van der Waals surface area contributed by atoms with Gasteiger partial charge in [-0.25, -0.2) is 8.78 Å². The zero-order valence-electron chi connectivity index (χ0n) is 8.88. The Hall–Kier alpha value is -0.710. The van der Waals surface area contributed by atoms with E-state index in [0.717, 1.165) is 12.8 Å². The van der Waals surface area contributed by atoms with Crippen molar-refractivity contribution in [2.45, 2.75) is 38.7 Å². The molecule has 0 saturated heterocycles. The molecule has 0 aromatic rings. The predicted octanol–water partition coefficient (Wildman–Crippen LogP) is 1.13. The lowest BCUT2D eigenvalue weighted by molar-refractivity contribution is -0.127. The van der Waals surface area contributed by atoms with Gasteiger partial charge >= 0.3 is 0 Å². The molecule has 0 aromatic carbocycles. The topological polar surface area (TPSA) is 55.1 Å². The highest BCUT2D eigenvalue weighted by molar-refractivity contribution is 5.78. The number of amides is 1. The Balaban J connectivity index is 2.38. The van der Waals surface area contributed by atoms with Crippen LogP contribution in [0.25, 0.3) is 0 Å². The highest BCUT2D eigenvalue weighted by Gasteiger charge is 2.29. The molecule has 1 aliphatic carbocycles. The van der Waals surface area contributed by atoms with E-state index in [4.69, 9.17) is 5.73 Å². The van der Waals surface area contributed by atoms with E-state index in [1.807, 2.05) is 6.92 Å². The molecule has 5 heteroatoms. The van der Waals surface area contributed by atoms with Crippen LogP contribution in [0.2, 0.25) is 0 Å². The molecule has 1 fully saturated rings. The summed E-state index contributed by atoms with van der Waals surface area (Å²) < 4.78 is 23.8. The van der Waals surface area contributed by atoms with E-state index < -0.39 is 13.0 Å². The largest absolute Gasteiger partial charge is 0.350 e. The van der Waals surface area contributed by atoms with E-state index in [-0.39, 0.29) is 17.9 Å². The molecule has 88 valence electrons. The van der Waals surface area contributed by atoms with Gasteiger partial charge in [-0.1, -0.05) is 6.92 Å². The van der Waals surface area contributed by atoms with Crippen molar-refractivity contribution in [1.82, 2.24) is 5.32 Å². The maximum atomic E-state index is 11.9. The summed E-state index contributed by atoms with van der Waals surface area (Å²) in [5.41, 5.74) is 5.78. The van der Waals surface area contributed by atoms with Crippen molar-refractivity contribution >= 4 is 5.91 Å². The number of rotatable bonds is 3. The predicted molar refractivity (Wildman–Crippen MR) is 53.5 cm³/mol. The smallest absolute Gasteiger partial charge is 0.255 e. The van der Waals surface area contributed by atoms with Crippen LogP contribution in [0.1, 0.15) is 26.2 Å². The minimum Gasteiger partial charge on any atom is -0.350 e. The number of alkyl halides is 2. The average Bonchev–Trinajstić information content (AvgIpc) is 2.12. The lowest BCUT2D eigenvalue weighted by Crippen LogP contribution is -2.41. The normalized spacial score (nSPS) is 31.7. The molecule has 0 heterocycles. The third kappa shape index (κ3) is 4.11. The van der Waals surface area contributed by atoms with Crippen LogP contribution in [-0.2, 0) is 4.79 Å². The van der Waals surface area contributed by atoms with Crippen molar-refractivity contribution in [3.05, 3.63) is 0 Å². The van der Waals surface area contributed by atoms with Gasteiger partial charge in [0.15, 0.2) is 0 Å². The molecule has 1 saturated carbocycles. The van der Waals surface area contributed by atoms with Gasteiger partial charge < -0.3 is 11.1 Å². The highest BCUT2D eigenvalue weighted by Crippen LogP contribution is 2.27. The molecule has 3 unspecified atom stereocenters. The van der Waals surface area contributed by atoms with Crippen LogP contribution in [0.4, 0.5) is 8.78 Å². The molecule has 3 atom stereocenters. The van der Waals surface area contributed by atoms with Crippen molar-refractivity contribution in [3.8, 4) is 0 Å². The molecule has 1 aliphatic rings. The van der Waals surface area contributed by atoms with Gasteiger partial charge in [-0.15, -0.1) is 0 Å². The molecular weight excluding hydrogens is 202 g/mol. The first-order valence-electron chi connectivity index (χ1n) is 5.30. The van der Waals surface area contributed by atoms with E-state index in [0.29, 0.717) is 12.3 Å². The number of halogens is 2. The van der Waals surface area contributed by atoms with E-state index in [1.54, 1.807) is 0 Å². The van der Waals surface area contributed by atoms with Crippen molar-refractivity contribution < 1.29 is 13.6 Å². The van der Waals surface area contributed by atoms with Crippen molar-refractivity contribution in [2.24, 2.45) is 17.6 Å². The molecular formula is C10H18F2N2O. The first kappa shape index (κ1) is 12.4. The minimum atomic E-state index is -2.48. The van der Waals surface area contributed by atoms with E-state index in [1.165, 1.54) is 0 Å². The second-order valence-electron chi connectivity index (χ2n) is 4.41. The van der Waals surface area contributed by atoms with Crippen LogP contribution in [0, 0.1) is 11.8 Å². The molecule has 0 aromatic heterocycles. The van der Waals surface area contributed by atoms with Crippen LogP contribution >= 0.6 is 0 Å². The van der Waals surface area contributed by atoms with Gasteiger partial charge in [0.2, 0.25) is 5.91 Å². The van der Waals surface area contributed by atoms with Gasteiger partial charge in [-0.3, -0.25) is 4.79 Å². The molecule has 15 heavy (non-hydrogen) atoms. The maximum absolute atomic E-state index is 11.9. The van der Waals surface area contributed by atoms with Gasteiger partial charge in [0.05, 0.1) is 6.54 Å². The molecule has 3 nitrogen and oxygen atoms in total. The Labute approximate surface area is 88.4 Å². The van der Waals surface area contributed by atoms with Crippen molar-refractivity contribution in [1.29, 1.82) is 0 Å². The van der Waals surface area contributed by atoms with Crippen molar-refractivity contribution in [3.63, 3.8) is 0 Å². The molecule has 1 amide bonds. The third-order valence-electron chi connectivity index (χ3n) is 2.78. The zero-order valence-corrected chi connectivity index (χ0v) is 8.88. The van der Waals surface area contributed by atoms with Crippen LogP contribution in [0.5, 0.6) is 0 Å². The summed E-state index contributed by atoms with van der Waals surface area (Å²) >= 11 is 0. The summed E-state index contributed by atoms with van der Waals surface area (Å²) in [7, 11) is 0. The van der Waals surface area contributed by atoms with Crippen LogP contribution in [-0.4, -0.2) is 24.9 Å². The second kappa shape index (κ2) is 5.39. The molecule has 0 radical (unpaired) electrons. The molecule has 0 aliphatic heterocycles. The number of hydrogen-bond acceptors (Lipinski definition) is 2. The van der Waals surface area contributed by atoms with Gasteiger partial charge in [-0.2, -0.15) is 0 Å². The van der Waals surface area contributed by atoms with Crippen molar-refractivity contribution in [2.75, 3.05) is 6.54 Å². The summed E-state index contributed by atoms with van der Waals surface area (Å²) in [6.45, 7) is 1.48. The Kier molecular flexibility index (Phi) is 4.45.